The molecule has 1 aliphatic carbocycles. The molecule has 0 saturated heterocycles. The van der Waals surface area contributed by atoms with Crippen molar-refractivity contribution < 1.29 is 0 Å². The Bertz CT molecular complexity index is 738. The molecule has 0 amide bonds. The number of allylic oxidation sites excluding steroid dienone is 1. The fourth-order valence-corrected chi connectivity index (χ4v) is 4.35. The number of rotatable bonds is 0. The number of hydrogen-bond acceptors (Lipinski definition) is 3. The van der Waals surface area contributed by atoms with E-state index in [1.165, 1.54) is 23.3 Å². The highest BCUT2D eigenvalue weighted by molar-refractivity contribution is 7.18. The van der Waals surface area contributed by atoms with Crippen LogP contribution >= 0.6 is 11.3 Å². The Morgan fingerprint density at radius 1 is 1.28 bits per heavy atom. The summed E-state index contributed by atoms with van der Waals surface area (Å²) in [5.41, 5.74) is 2.53. The highest BCUT2D eigenvalue weighted by Crippen LogP contribution is 2.34. The third-order valence-electron chi connectivity index (χ3n) is 3.94. The van der Waals surface area contributed by atoms with Crippen LogP contribution < -0.4 is 5.56 Å². The summed E-state index contributed by atoms with van der Waals surface area (Å²) < 4.78 is 1.81. The molecule has 92 valence electrons. The van der Waals surface area contributed by atoms with Crippen molar-refractivity contribution in [2.75, 3.05) is 0 Å². The van der Waals surface area contributed by atoms with Crippen LogP contribution in [0.5, 0.6) is 0 Å². The van der Waals surface area contributed by atoms with E-state index in [-0.39, 0.29) is 5.56 Å². The quantitative estimate of drug-likeness (QED) is 0.680. The first-order valence-corrected chi connectivity index (χ1v) is 7.26. The van der Waals surface area contributed by atoms with Crippen molar-refractivity contribution in [2.24, 2.45) is 0 Å². The predicted molar refractivity (Wildman–Crippen MR) is 73.4 cm³/mol. The molecule has 2 aromatic heterocycles. The van der Waals surface area contributed by atoms with Gasteiger partial charge in [-0.15, -0.1) is 11.3 Å². The van der Waals surface area contributed by atoms with Crippen molar-refractivity contribution in [3.8, 4) is 0 Å². The molecule has 3 heterocycles. The second-order valence-electron chi connectivity index (χ2n) is 5.24. The second kappa shape index (κ2) is 3.54. The van der Waals surface area contributed by atoms with E-state index in [0.717, 1.165) is 40.9 Å². The Kier molecular flexibility index (Phi) is 2.07. The summed E-state index contributed by atoms with van der Waals surface area (Å²) in [4.78, 5) is 19.6. The van der Waals surface area contributed by atoms with Crippen molar-refractivity contribution >= 4 is 21.6 Å². The van der Waals surface area contributed by atoms with Gasteiger partial charge in [-0.1, -0.05) is 12.2 Å². The Morgan fingerprint density at radius 3 is 3.00 bits per heavy atom. The van der Waals surface area contributed by atoms with Crippen LogP contribution in [0, 0.1) is 0 Å². The third kappa shape index (κ3) is 1.29. The molecule has 0 fully saturated rings. The molecule has 18 heavy (non-hydrogen) atoms. The van der Waals surface area contributed by atoms with Gasteiger partial charge in [-0.05, 0) is 31.2 Å². The van der Waals surface area contributed by atoms with Crippen molar-refractivity contribution in [1.82, 2.24) is 9.55 Å². The van der Waals surface area contributed by atoms with Crippen LogP contribution in [-0.2, 0) is 25.8 Å². The van der Waals surface area contributed by atoms with Crippen molar-refractivity contribution in [2.45, 2.75) is 38.6 Å². The minimum Gasteiger partial charge on any atom is -0.292 e. The summed E-state index contributed by atoms with van der Waals surface area (Å²) in [6, 6.07) is 0. The van der Waals surface area contributed by atoms with Gasteiger partial charge in [-0.3, -0.25) is 9.36 Å². The Balaban J connectivity index is 2.09. The molecule has 2 aliphatic rings. The van der Waals surface area contributed by atoms with E-state index in [9.17, 15) is 4.79 Å². The summed E-state index contributed by atoms with van der Waals surface area (Å²) in [6.07, 6.45) is 5.38. The average Bonchev–Trinajstić information content (AvgIpc) is 2.89. The van der Waals surface area contributed by atoms with E-state index in [1.807, 2.05) is 4.57 Å². The molecule has 0 bridgehead atoms. The lowest BCUT2D eigenvalue weighted by Gasteiger charge is -2.10. The lowest BCUT2D eigenvalue weighted by Crippen LogP contribution is -2.21. The van der Waals surface area contributed by atoms with Gasteiger partial charge in [-0.2, -0.15) is 0 Å². The highest BCUT2D eigenvalue weighted by atomic mass is 32.1. The van der Waals surface area contributed by atoms with Gasteiger partial charge >= 0.3 is 0 Å². The Morgan fingerprint density at radius 2 is 2.11 bits per heavy atom. The van der Waals surface area contributed by atoms with Crippen LogP contribution in [-0.4, -0.2) is 9.55 Å². The van der Waals surface area contributed by atoms with E-state index < -0.39 is 0 Å². The topological polar surface area (TPSA) is 34.9 Å². The van der Waals surface area contributed by atoms with Crippen molar-refractivity contribution in [3.63, 3.8) is 0 Å². The summed E-state index contributed by atoms with van der Waals surface area (Å²) in [5.74, 6) is 0.899. The minimum absolute atomic E-state index is 0.160. The van der Waals surface area contributed by atoms with Crippen LogP contribution in [0.4, 0.5) is 0 Å². The van der Waals surface area contributed by atoms with E-state index in [1.54, 1.807) is 11.3 Å². The number of nitrogens with zero attached hydrogens (tertiary/aromatic N) is 2. The lowest BCUT2D eigenvalue weighted by molar-refractivity contribution is 0.698. The van der Waals surface area contributed by atoms with Crippen LogP contribution in [0.25, 0.3) is 10.2 Å². The van der Waals surface area contributed by atoms with Gasteiger partial charge in [0.05, 0.1) is 5.39 Å². The average molecular weight is 258 g/mol. The van der Waals surface area contributed by atoms with Crippen LogP contribution in [0.15, 0.2) is 16.9 Å². The number of fused-ring (bicyclic) bond motifs is 4. The van der Waals surface area contributed by atoms with E-state index in [2.05, 4.69) is 6.58 Å². The maximum absolute atomic E-state index is 12.6. The molecular weight excluding hydrogens is 244 g/mol. The molecular formula is C14H14N2OS. The third-order valence-corrected chi connectivity index (χ3v) is 5.13. The minimum atomic E-state index is 0.160. The molecule has 0 saturated carbocycles. The standard InChI is InChI=1S/C14H14N2OS/c1-8-6-11-15-13-12(14(17)16(11)7-8)9-4-2-3-5-10(9)18-13/h1-7H2. The number of hydrogen-bond donors (Lipinski definition) is 0. The van der Waals surface area contributed by atoms with Gasteiger partial charge in [0, 0.05) is 17.8 Å². The first-order chi connectivity index (χ1) is 8.74. The molecule has 0 spiro atoms. The zero-order chi connectivity index (χ0) is 12.3. The maximum atomic E-state index is 12.6. The van der Waals surface area contributed by atoms with E-state index in [4.69, 9.17) is 4.98 Å². The zero-order valence-electron chi connectivity index (χ0n) is 10.2. The SMILES string of the molecule is C=C1Cc2nc3sc4c(c3c(=O)n2C1)CCCC4. The smallest absolute Gasteiger partial charge is 0.262 e. The largest absolute Gasteiger partial charge is 0.292 e. The normalized spacial score (nSPS) is 18.1. The summed E-state index contributed by atoms with van der Waals surface area (Å²) in [7, 11) is 0. The van der Waals surface area contributed by atoms with Crippen LogP contribution in [0.3, 0.4) is 0 Å². The Labute approximate surface area is 109 Å². The highest BCUT2D eigenvalue weighted by Gasteiger charge is 2.24. The van der Waals surface area contributed by atoms with Gasteiger partial charge in [0.1, 0.15) is 10.7 Å². The Hall–Kier alpha value is -1.42. The molecule has 0 radical (unpaired) electrons. The molecule has 0 unspecified atom stereocenters. The van der Waals surface area contributed by atoms with E-state index in [0.29, 0.717) is 6.54 Å². The first-order valence-electron chi connectivity index (χ1n) is 6.44. The van der Waals surface area contributed by atoms with Crippen LogP contribution in [0.2, 0.25) is 0 Å². The zero-order valence-corrected chi connectivity index (χ0v) is 11.0. The predicted octanol–water partition coefficient (Wildman–Crippen LogP) is 2.45. The molecule has 3 nitrogen and oxygen atoms in total. The molecule has 0 N–H and O–H groups in total. The summed E-state index contributed by atoms with van der Waals surface area (Å²) in [5, 5.41) is 0.896. The molecule has 0 aromatic carbocycles. The molecule has 4 rings (SSSR count). The number of aromatic nitrogens is 2. The summed E-state index contributed by atoms with van der Waals surface area (Å²) >= 11 is 1.73. The number of thiophene rings is 1. The van der Waals surface area contributed by atoms with Gasteiger partial charge < -0.3 is 0 Å². The van der Waals surface area contributed by atoms with E-state index >= 15 is 0 Å². The molecule has 4 heteroatoms. The second-order valence-corrected chi connectivity index (χ2v) is 6.32. The number of aryl methyl sites for hydroxylation is 2. The van der Waals surface area contributed by atoms with Gasteiger partial charge in [0.25, 0.3) is 5.56 Å². The summed E-state index contributed by atoms with van der Waals surface area (Å²) in [6.45, 7) is 4.63. The van der Waals surface area contributed by atoms with Gasteiger partial charge in [0.2, 0.25) is 0 Å². The fraction of sp³-hybridized carbons (Fsp3) is 0.429. The monoisotopic (exact) mass is 258 g/mol. The lowest BCUT2D eigenvalue weighted by atomic mass is 9.97. The maximum Gasteiger partial charge on any atom is 0.262 e. The van der Waals surface area contributed by atoms with Gasteiger partial charge in [0.15, 0.2) is 0 Å². The molecule has 0 atom stereocenters. The van der Waals surface area contributed by atoms with Crippen LogP contribution in [0.1, 0.15) is 29.1 Å². The van der Waals surface area contributed by atoms with Crippen molar-refractivity contribution in [3.05, 3.63) is 38.8 Å². The molecule has 1 aliphatic heterocycles. The van der Waals surface area contributed by atoms with Gasteiger partial charge in [-0.25, -0.2) is 4.98 Å². The first kappa shape index (κ1) is 10.5. The van der Waals surface area contributed by atoms with Crippen molar-refractivity contribution in [1.29, 1.82) is 0 Å². The molecule has 2 aromatic rings. The fourth-order valence-electron chi connectivity index (χ4n) is 3.08.